The fraction of sp³-hybridized carbons (Fsp3) is 1.00. The molecule has 0 aromatic rings. The second-order valence-corrected chi connectivity index (χ2v) is 8.95. The van der Waals surface area contributed by atoms with Crippen LogP contribution in [0.4, 0.5) is 0 Å². The van der Waals surface area contributed by atoms with Crippen LogP contribution in [0.1, 0.15) is 19.8 Å². The Morgan fingerprint density at radius 2 is 2.00 bits per heavy atom. The van der Waals surface area contributed by atoms with Gasteiger partial charge in [-0.3, -0.25) is 0 Å². The normalized spacial score (nSPS) is 21.9. The molecule has 108 valence electrons. The van der Waals surface area contributed by atoms with Gasteiger partial charge in [0.15, 0.2) is 9.84 Å². The summed E-state index contributed by atoms with van der Waals surface area (Å²) in [5, 5.41) is 3.16. The van der Waals surface area contributed by atoms with E-state index in [4.69, 9.17) is 0 Å². The maximum Gasteiger partial charge on any atom is 0.211 e. The maximum atomic E-state index is 11.7. The van der Waals surface area contributed by atoms with Crippen molar-refractivity contribution in [3.05, 3.63) is 0 Å². The fourth-order valence-corrected chi connectivity index (χ4v) is 4.20. The van der Waals surface area contributed by atoms with Crippen LogP contribution in [0.15, 0.2) is 0 Å². The minimum absolute atomic E-state index is 0.0291. The lowest BCUT2D eigenvalue weighted by Crippen LogP contribution is -2.38. The number of rotatable bonds is 7. The van der Waals surface area contributed by atoms with Crippen molar-refractivity contribution in [2.75, 3.05) is 36.9 Å². The van der Waals surface area contributed by atoms with Gasteiger partial charge in [-0.1, -0.05) is 6.92 Å². The van der Waals surface area contributed by atoms with Crippen LogP contribution >= 0.6 is 0 Å². The van der Waals surface area contributed by atoms with Crippen molar-refractivity contribution in [3.8, 4) is 0 Å². The quantitative estimate of drug-likeness (QED) is 0.651. The van der Waals surface area contributed by atoms with E-state index in [2.05, 4.69) is 10.0 Å². The van der Waals surface area contributed by atoms with Gasteiger partial charge in [0.25, 0.3) is 0 Å². The lowest BCUT2D eigenvalue weighted by atomic mass is 10.0. The van der Waals surface area contributed by atoms with Gasteiger partial charge in [-0.15, -0.1) is 0 Å². The van der Waals surface area contributed by atoms with Gasteiger partial charge in [0.05, 0.1) is 11.5 Å². The monoisotopic (exact) mass is 298 g/mol. The molecular weight excluding hydrogens is 276 g/mol. The summed E-state index contributed by atoms with van der Waals surface area (Å²) in [6, 6.07) is 0. The molecule has 1 fully saturated rings. The second-order valence-electron chi connectivity index (χ2n) is 4.62. The van der Waals surface area contributed by atoms with Gasteiger partial charge < -0.3 is 5.32 Å². The smallest absolute Gasteiger partial charge is 0.211 e. The third kappa shape index (κ3) is 6.12. The maximum absolute atomic E-state index is 11.7. The topological polar surface area (TPSA) is 92.3 Å². The standard InChI is InChI=1S/C10H22N2O4S2/c1-2-17(13,14)7-6-12-18(15,16)9-10-4-3-5-11-8-10/h10-12H,2-9H2,1H3. The fourth-order valence-electron chi connectivity index (χ4n) is 1.93. The SMILES string of the molecule is CCS(=O)(=O)CCNS(=O)(=O)CC1CCCNC1. The van der Waals surface area contributed by atoms with Crippen molar-refractivity contribution in [2.45, 2.75) is 19.8 Å². The number of piperidine rings is 1. The molecule has 0 radical (unpaired) electrons. The van der Waals surface area contributed by atoms with E-state index in [0.717, 1.165) is 19.4 Å². The van der Waals surface area contributed by atoms with Gasteiger partial charge in [-0.05, 0) is 31.8 Å². The molecule has 1 aliphatic heterocycles. The predicted molar refractivity (Wildman–Crippen MR) is 71.7 cm³/mol. The molecule has 0 aromatic carbocycles. The molecule has 1 saturated heterocycles. The Kier molecular flexibility index (Phi) is 6.03. The van der Waals surface area contributed by atoms with Gasteiger partial charge in [-0.2, -0.15) is 0 Å². The second kappa shape index (κ2) is 6.83. The van der Waals surface area contributed by atoms with Crippen molar-refractivity contribution in [1.29, 1.82) is 0 Å². The highest BCUT2D eigenvalue weighted by atomic mass is 32.2. The van der Waals surface area contributed by atoms with Gasteiger partial charge in [-0.25, -0.2) is 21.6 Å². The number of hydrogen-bond acceptors (Lipinski definition) is 5. The molecule has 0 bridgehead atoms. The summed E-state index contributed by atoms with van der Waals surface area (Å²) in [6.07, 6.45) is 1.89. The molecule has 2 N–H and O–H groups in total. The van der Waals surface area contributed by atoms with Crippen molar-refractivity contribution in [2.24, 2.45) is 5.92 Å². The van der Waals surface area contributed by atoms with Gasteiger partial charge >= 0.3 is 0 Å². The highest BCUT2D eigenvalue weighted by Gasteiger charge is 2.21. The Labute approximate surface area is 110 Å². The Bertz CT molecular complexity index is 438. The molecule has 0 spiro atoms. The summed E-state index contributed by atoms with van der Waals surface area (Å²) in [7, 11) is -6.48. The summed E-state index contributed by atoms with van der Waals surface area (Å²) in [5.41, 5.74) is 0. The van der Waals surface area contributed by atoms with Crippen molar-refractivity contribution < 1.29 is 16.8 Å². The van der Waals surface area contributed by atoms with Gasteiger partial charge in [0.2, 0.25) is 10.0 Å². The molecule has 8 heteroatoms. The number of nitrogens with one attached hydrogen (secondary N) is 2. The Morgan fingerprint density at radius 3 is 2.56 bits per heavy atom. The van der Waals surface area contributed by atoms with E-state index in [9.17, 15) is 16.8 Å². The first-order valence-electron chi connectivity index (χ1n) is 6.23. The van der Waals surface area contributed by atoms with Gasteiger partial charge in [0.1, 0.15) is 0 Å². The molecule has 0 amide bonds. The lowest BCUT2D eigenvalue weighted by molar-refractivity contribution is 0.403. The summed E-state index contributed by atoms with van der Waals surface area (Å²) in [6.45, 7) is 3.18. The van der Waals surface area contributed by atoms with E-state index in [1.807, 2.05) is 0 Å². The Balaban J connectivity index is 2.35. The largest absolute Gasteiger partial charge is 0.316 e. The van der Waals surface area contributed by atoms with Crippen LogP contribution in [0, 0.1) is 5.92 Å². The van der Waals surface area contributed by atoms with E-state index in [0.29, 0.717) is 6.54 Å². The molecule has 1 unspecified atom stereocenters. The highest BCUT2D eigenvalue weighted by molar-refractivity contribution is 7.91. The lowest BCUT2D eigenvalue weighted by Gasteiger charge is -2.22. The number of hydrogen-bond donors (Lipinski definition) is 2. The molecule has 0 saturated carbocycles. The van der Waals surface area contributed by atoms with Crippen LogP contribution in [0.2, 0.25) is 0 Å². The number of sulfone groups is 1. The average Bonchev–Trinajstić information content (AvgIpc) is 2.29. The molecular formula is C10H22N2O4S2. The summed E-state index contributed by atoms with van der Waals surface area (Å²) in [4.78, 5) is 0. The van der Waals surface area contributed by atoms with Crippen molar-refractivity contribution in [3.63, 3.8) is 0 Å². The predicted octanol–water partition coefficient (Wildman–Crippen LogP) is -0.660. The first-order valence-corrected chi connectivity index (χ1v) is 9.70. The van der Waals surface area contributed by atoms with Crippen molar-refractivity contribution >= 4 is 19.9 Å². The summed E-state index contributed by atoms with van der Waals surface area (Å²) >= 11 is 0. The third-order valence-electron chi connectivity index (χ3n) is 3.03. The van der Waals surface area contributed by atoms with Crippen LogP contribution < -0.4 is 10.0 Å². The van der Waals surface area contributed by atoms with Gasteiger partial charge in [0, 0.05) is 12.3 Å². The summed E-state index contributed by atoms with van der Waals surface area (Å²) < 4.78 is 48.3. The molecule has 1 atom stereocenters. The Morgan fingerprint density at radius 1 is 1.28 bits per heavy atom. The van der Waals surface area contributed by atoms with E-state index in [1.54, 1.807) is 6.92 Å². The minimum Gasteiger partial charge on any atom is -0.316 e. The van der Waals surface area contributed by atoms with Crippen LogP contribution in [0.5, 0.6) is 0 Å². The molecule has 0 aliphatic carbocycles. The van der Waals surface area contributed by atoms with Crippen LogP contribution in [0.25, 0.3) is 0 Å². The third-order valence-corrected chi connectivity index (χ3v) is 6.29. The first-order chi connectivity index (χ1) is 8.35. The number of sulfonamides is 1. The van der Waals surface area contributed by atoms with Crippen molar-refractivity contribution in [1.82, 2.24) is 10.0 Å². The van der Waals surface area contributed by atoms with E-state index < -0.39 is 19.9 Å². The van der Waals surface area contributed by atoms with E-state index >= 15 is 0 Å². The Hall–Kier alpha value is -0.180. The molecule has 6 nitrogen and oxygen atoms in total. The zero-order valence-corrected chi connectivity index (χ0v) is 12.3. The zero-order valence-electron chi connectivity index (χ0n) is 10.7. The average molecular weight is 298 g/mol. The minimum atomic E-state index is -3.37. The molecule has 18 heavy (non-hydrogen) atoms. The molecule has 0 aromatic heterocycles. The summed E-state index contributed by atoms with van der Waals surface area (Å²) in [5.74, 6) is 0.109. The van der Waals surface area contributed by atoms with Crippen LogP contribution in [-0.2, 0) is 19.9 Å². The zero-order chi connectivity index (χ0) is 13.6. The molecule has 1 aliphatic rings. The van der Waals surface area contributed by atoms with E-state index in [-0.39, 0.29) is 29.7 Å². The highest BCUT2D eigenvalue weighted by Crippen LogP contribution is 2.11. The molecule has 1 rings (SSSR count). The van der Waals surface area contributed by atoms with Crippen LogP contribution in [-0.4, -0.2) is 53.7 Å². The van der Waals surface area contributed by atoms with E-state index in [1.165, 1.54) is 0 Å². The first kappa shape index (κ1) is 15.9. The van der Waals surface area contributed by atoms with Crippen LogP contribution in [0.3, 0.4) is 0 Å². The molecule has 1 heterocycles.